The molecule has 0 aliphatic carbocycles. The topological polar surface area (TPSA) is 104 Å². The average Bonchev–Trinajstić information content (AvgIpc) is 2.58. The zero-order chi connectivity index (χ0) is 21.1. The van der Waals surface area contributed by atoms with E-state index in [9.17, 15) is 20.0 Å². The Kier molecular flexibility index (Phi) is 6.69. The summed E-state index contributed by atoms with van der Waals surface area (Å²) in [4.78, 5) is 22.7. The van der Waals surface area contributed by atoms with Crippen LogP contribution in [0.15, 0.2) is 29.2 Å². The van der Waals surface area contributed by atoms with Gasteiger partial charge in [-0.2, -0.15) is 0 Å². The predicted octanol–water partition coefficient (Wildman–Crippen LogP) is 3.67. The smallest absolute Gasteiger partial charge is 0.375 e. The minimum atomic E-state index is -0.921. The molecule has 1 aromatic carbocycles. The Labute approximate surface area is 167 Å². The molecule has 0 bridgehead atoms. The first-order chi connectivity index (χ1) is 13.0. The molecule has 28 heavy (non-hydrogen) atoms. The number of rotatable bonds is 7. The summed E-state index contributed by atoms with van der Waals surface area (Å²) in [5, 5.41) is 21.4. The summed E-state index contributed by atoms with van der Waals surface area (Å²) in [6.45, 7) is 7.87. The summed E-state index contributed by atoms with van der Waals surface area (Å²) in [6.07, 6.45) is 1.35. The minimum absolute atomic E-state index is 0.0457. The number of nitrogens with zero attached hydrogens (tertiary/aromatic N) is 2. The molecule has 1 N–H and O–H groups in total. The van der Waals surface area contributed by atoms with E-state index in [1.54, 1.807) is 18.2 Å². The van der Waals surface area contributed by atoms with Crippen LogP contribution in [0.2, 0.25) is 5.02 Å². The van der Waals surface area contributed by atoms with Crippen molar-refractivity contribution in [2.45, 2.75) is 39.8 Å². The second-order valence-electron chi connectivity index (χ2n) is 7.23. The van der Waals surface area contributed by atoms with E-state index in [0.717, 1.165) is 4.57 Å². The molecule has 0 saturated heterocycles. The number of halogens is 1. The molecule has 0 saturated carbocycles. The van der Waals surface area contributed by atoms with Crippen LogP contribution in [0.3, 0.4) is 0 Å². The summed E-state index contributed by atoms with van der Waals surface area (Å²) in [7, 11) is 0. The Morgan fingerprint density at radius 2 is 1.96 bits per heavy atom. The lowest BCUT2D eigenvalue weighted by atomic mass is 10.1. The molecular weight excluding hydrogens is 388 g/mol. The van der Waals surface area contributed by atoms with Gasteiger partial charge in [-0.25, -0.2) is 0 Å². The molecule has 1 aromatic heterocycles. The summed E-state index contributed by atoms with van der Waals surface area (Å²) in [5.41, 5.74) is -1.37. The van der Waals surface area contributed by atoms with E-state index in [1.807, 2.05) is 20.8 Å². The van der Waals surface area contributed by atoms with Gasteiger partial charge in [-0.1, -0.05) is 17.7 Å². The summed E-state index contributed by atoms with van der Waals surface area (Å²) in [5.74, 6) is -0.188. The van der Waals surface area contributed by atoms with Crippen LogP contribution in [-0.2, 0) is 11.3 Å². The molecular formula is C19H23ClN2O6. The van der Waals surface area contributed by atoms with Crippen molar-refractivity contribution in [3.8, 4) is 11.5 Å². The summed E-state index contributed by atoms with van der Waals surface area (Å²) >= 11 is 6.28. The molecule has 152 valence electrons. The van der Waals surface area contributed by atoms with Gasteiger partial charge in [0, 0.05) is 22.3 Å². The first-order valence-electron chi connectivity index (χ1n) is 8.63. The largest absolute Gasteiger partial charge is 0.502 e. The average molecular weight is 411 g/mol. The number of benzene rings is 1. The normalized spacial score (nSPS) is 11.5. The van der Waals surface area contributed by atoms with Crippen LogP contribution in [0.5, 0.6) is 11.5 Å². The second-order valence-corrected chi connectivity index (χ2v) is 7.63. The van der Waals surface area contributed by atoms with Crippen molar-refractivity contribution in [3.05, 3.63) is 61.0 Å². The third-order valence-electron chi connectivity index (χ3n) is 3.87. The van der Waals surface area contributed by atoms with Crippen molar-refractivity contribution < 1.29 is 19.5 Å². The van der Waals surface area contributed by atoms with E-state index in [0.29, 0.717) is 22.9 Å². The summed E-state index contributed by atoms with van der Waals surface area (Å²) < 4.78 is 12.5. The Morgan fingerprint density at radius 1 is 1.29 bits per heavy atom. The van der Waals surface area contributed by atoms with Gasteiger partial charge in [0.25, 0.3) is 0 Å². The highest BCUT2D eigenvalue weighted by atomic mass is 35.5. The van der Waals surface area contributed by atoms with E-state index < -0.39 is 21.9 Å². The highest BCUT2D eigenvalue weighted by Gasteiger charge is 2.24. The molecule has 9 heteroatoms. The maximum Gasteiger partial charge on any atom is 0.375 e. The molecule has 1 heterocycles. The first-order valence-corrected chi connectivity index (χ1v) is 9.00. The van der Waals surface area contributed by atoms with Gasteiger partial charge in [-0.15, -0.1) is 0 Å². The van der Waals surface area contributed by atoms with Gasteiger partial charge in [0.1, 0.15) is 12.4 Å². The molecule has 2 aromatic rings. The molecule has 0 atom stereocenters. The van der Waals surface area contributed by atoms with Gasteiger partial charge in [-0.05, 0) is 39.8 Å². The molecule has 0 spiro atoms. The van der Waals surface area contributed by atoms with E-state index in [-0.39, 0.29) is 24.3 Å². The van der Waals surface area contributed by atoms with E-state index in [1.165, 1.54) is 13.1 Å². The Balaban J connectivity index is 2.32. The van der Waals surface area contributed by atoms with Gasteiger partial charge >= 0.3 is 11.2 Å². The lowest BCUT2D eigenvalue weighted by molar-refractivity contribution is -0.387. The minimum Gasteiger partial charge on any atom is -0.502 e. The van der Waals surface area contributed by atoms with Crippen LogP contribution < -0.4 is 10.3 Å². The van der Waals surface area contributed by atoms with Gasteiger partial charge in [0.2, 0.25) is 5.75 Å². The third kappa shape index (κ3) is 5.24. The number of aryl methyl sites for hydroxylation is 1. The number of ether oxygens (including phenoxy) is 2. The lowest BCUT2D eigenvalue weighted by Gasteiger charge is -2.20. The fourth-order valence-electron chi connectivity index (χ4n) is 2.56. The maximum atomic E-state index is 12.4. The predicted molar refractivity (Wildman–Crippen MR) is 106 cm³/mol. The van der Waals surface area contributed by atoms with Gasteiger partial charge in [-0.3, -0.25) is 14.9 Å². The van der Waals surface area contributed by atoms with Gasteiger partial charge in [0.15, 0.2) is 0 Å². The Morgan fingerprint density at radius 3 is 2.57 bits per heavy atom. The monoisotopic (exact) mass is 410 g/mol. The molecule has 0 amide bonds. The van der Waals surface area contributed by atoms with Crippen molar-refractivity contribution in [2.75, 3.05) is 13.2 Å². The van der Waals surface area contributed by atoms with Crippen molar-refractivity contribution in [2.24, 2.45) is 0 Å². The highest BCUT2D eigenvalue weighted by Crippen LogP contribution is 2.29. The van der Waals surface area contributed by atoms with E-state index in [2.05, 4.69) is 0 Å². The zero-order valence-corrected chi connectivity index (χ0v) is 16.9. The third-order valence-corrected chi connectivity index (χ3v) is 4.23. The van der Waals surface area contributed by atoms with Crippen molar-refractivity contribution in [3.63, 3.8) is 0 Å². The number of pyridine rings is 1. The number of aromatic hydroxyl groups is 1. The standard InChI is InChI=1S/C19H23ClN2O6/c1-12-10-21(18(24)16(17(12)23)22(25)26)11-13-14(20)6-5-7-15(13)27-8-9-28-19(2,3)4/h5-7,10,23H,8-9,11H2,1-4H3. The van der Waals surface area contributed by atoms with Crippen molar-refractivity contribution >= 4 is 17.3 Å². The molecule has 0 aliphatic heterocycles. The van der Waals surface area contributed by atoms with Crippen LogP contribution in [0.4, 0.5) is 5.69 Å². The fraction of sp³-hybridized carbons (Fsp3) is 0.421. The Bertz CT molecular complexity index is 933. The van der Waals surface area contributed by atoms with E-state index >= 15 is 0 Å². The van der Waals surface area contributed by atoms with Gasteiger partial charge in [0.05, 0.1) is 23.7 Å². The molecule has 0 fully saturated rings. The first kappa shape index (κ1) is 21.7. The fourth-order valence-corrected chi connectivity index (χ4v) is 2.78. The number of hydrogen-bond acceptors (Lipinski definition) is 6. The summed E-state index contributed by atoms with van der Waals surface area (Å²) in [6, 6.07) is 5.05. The quantitative estimate of drug-likeness (QED) is 0.424. The number of hydrogen-bond donors (Lipinski definition) is 1. The zero-order valence-electron chi connectivity index (χ0n) is 16.2. The molecule has 0 unspecified atom stereocenters. The maximum absolute atomic E-state index is 12.4. The lowest BCUT2D eigenvalue weighted by Crippen LogP contribution is -2.24. The second kappa shape index (κ2) is 8.62. The number of nitro groups is 1. The van der Waals surface area contributed by atoms with Crippen LogP contribution in [0.25, 0.3) is 0 Å². The van der Waals surface area contributed by atoms with E-state index in [4.69, 9.17) is 21.1 Å². The van der Waals surface area contributed by atoms with Crippen LogP contribution in [0.1, 0.15) is 31.9 Å². The van der Waals surface area contributed by atoms with Crippen LogP contribution >= 0.6 is 11.6 Å². The van der Waals surface area contributed by atoms with Crippen LogP contribution in [-0.4, -0.2) is 33.4 Å². The van der Waals surface area contributed by atoms with Crippen molar-refractivity contribution in [1.29, 1.82) is 0 Å². The molecule has 0 aliphatic rings. The SMILES string of the molecule is Cc1cn(Cc2c(Cl)cccc2OCCOC(C)(C)C)c(=O)c([N+](=O)[O-])c1O. The van der Waals surface area contributed by atoms with Crippen molar-refractivity contribution in [1.82, 2.24) is 4.57 Å². The molecule has 8 nitrogen and oxygen atoms in total. The molecule has 2 rings (SSSR count). The highest BCUT2D eigenvalue weighted by molar-refractivity contribution is 6.31. The Hall–Kier alpha value is -2.58. The van der Waals surface area contributed by atoms with Gasteiger partial charge < -0.3 is 19.1 Å². The van der Waals surface area contributed by atoms with Crippen LogP contribution in [0, 0.1) is 17.0 Å². The molecule has 0 radical (unpaired) electrons. The number of aromatic nitrogens is 1.